The predicted molar refractivity (Wildman–Crippen MR) is 79.1 cm³/mol. The molecular weight excluding hydrogens is 236 g/mol. The van der Waals surface area contributed by atoms with Gasteiger partial charge in [-0.3, -0.25) is 4.79 Å². The number of amides is 1. The van der Waals surface area contributed by atoms with E-state index in [2.05, 4.69) is 25.2 Å². The van der Waals surface area contributed by atoms with Crippen molar-refractivity contribution >= 4 is 11.6 Å². The van der Waals surface area contributed by atoms with Crippen LogP contribution in [-0.2, 0) is 11.2 Å². The Labute approximate surface area is 115 Å². The fourth-order valence-electron chi connectivity index (χ4n) is 3.17. The van der Waals surface area contributed by atoms with Gasteiger partial charge < -0.3 is 11.1 Å². The van der Waals surface area contributed by atoms with Crippen LogP contribution in [0.2, 0.25) is 0 Å². The van der Waals surface area contributed by atoms with Gasteiger partial charge in [-0.05, 0) is 43.2 Å². The lowest BCUT2D eigenvalue weighted by atomic mass is 9.62. The Morgan fingerprint density at radius 2 is 2.16 bits per heavy atom. The van der Waals surface area contributed by atoms with Crippen LogP contribution in [0.25, 0.3) is 0 Å². The number of anilines is 1. The molecule has 0 spiro atoms. The van der Waals surface area contributed by atoms with Crippen LogP contribution in [0, 0.1) is 18.3 Å². The highest BCUT2D eigenvalue weighted by atomic mass is 16.2. The van der Waals surface area contributed by atoms with Crippen LogP contribution in [0.4, 0.5) is 5.69 Å². The summed E-state index contributed by atoms with van der Waals surface area (Å²) in [5, 5.41) is 3.13. The molecule has 0 saturated heterocycles. The fraction of sp³-hybridized carbons (Fsp3) is 0.562. The van der Waals surface area contributed by atoms with Crippen LogP contribution >= 0.6 is 0 Å². The van der Waals surface area contributed by atoms with Crippen molar-refractivity contribution in [1.82, 2.24) is 0 Å². The number of hydrogen-bond donors (Lipinski definition) is 2. The molecule has 1 aliphatic rings. The number of para-hydroxylation sites is 1. The van der Waals surface area contributed by atoms with Crippen LogP contribution in [0.3, 0.4) is 0 Å². The van der Waals surface area contributed by atoms with Crippen LogP contribution in [0.5, 0.6) is 0 Å². The monoisotopic (exact) mass is 260 g/mol. The summed E-state index contributed by atoms with van der Waals surface area (Å²) < 4.78 is 0. The fourth-order valence-corrected chi connectivity index (χ4v) is 3.17. The minimum atomic E-state index is -0.341. The van der Waals surface area contributed by atoms with Gasteiger partial charge in [0.05, 0.1) is 5.41 Å². The molecule has 0 aliphatic heterocycles. The first-order valence-corrected chi connectivity index (χ1v) is 7.12. The lowest BCUT2D eigenvalue weighted by molar-refractivity contribution is -0.132. The number of hydrogen-bond acceptors (Lipinski definition) is 2. The molecule has 3 N–H and O–H groups in total. The largest absolute Gasteiger partial charge is 0.329 e. The number of nitrogens with one attached hydrogen (secondary N) is 1. The maximum atomic E-state index is 12.5. The molecule has 0 atom stereocenters. The smallest absolute Gasteiger partial charge is 0.231 e. The minimum Gasteiger partial charge on any atom is -0.329 e. The third kappa shape index (κ3) is 2.52. The van der Waals surface area contributed by atoms with Crippen molar-refractivity contribution in [2.24, 2.45) is 17.1 Å². The number of carbonyl (C=O) groups is 1. The molecule has 0 radical (unpaired) electrons. The van der Waals surface area contributed by atoms with Crippen molar-refractivity contribution in [2.45, 2.75) is 40.0 Å². The summed E-state index contributed by atoms with van der Waals surface area (Å²) >= 11 is 0. The maximum absolute atomic E-state index is 12.5. The van der Waals surface area contributed by atoms with Crippen molar-refractivity contribution in [1.29, 1.82) is 0 Å². The Morgan fingerprint density at radius 1 is 1.47 bits per heavy atom. The molecule has 1 amide bonds. The van der Waals surface area contributed by atoms with Gasteiger partial charge in [0.2, 0.25) is 5.91 Å². The minimum absolute atomic E-state index is 0.0945. The summed E-state index contributed by atoms with van der Waals surface area (Å²) in [5.41, 5.74) is 8.77. The summed E-state index contributed by atoms with van der Waals surface area (Å²) in [5.74, 6) is 0.703. The van der Waals surface area contributed by atoms with Crippen molar-refractivity contribution in [3.63, 3.8) is 0 Å². The van der Waals surface area contributed by atoms with E-state index in [1.54, 1.807) is 0 Å². The third-order valence-electron chi connectivity index (χ3n) is 4.33. The zero-order valence-corrected chi connectivity index (χ0v) is 12.1. The van der Waals surface area contributed by atoms with Crippen LogP contribution < -0.4 is 11.1 Å². The van der Waals surface area contributed by atoms with Gasteiger partial charge in [-0.1, -0.05) is 32.0 Å². The normalized spacial score (nSPS) is 25.8. The van der Waals surface area contributed by atoms with Crippen molar-refractivity contribution < 1.29 is 4.79 Å². The Morgan fingerprint density at radius 3 is 2.68 bits per heavy atom. The number of benzene rings is 1. The van der Waals surface area contributed by atoms with E-state index < -0.39 is 0 Å². The van der Waals surface area contributed by atoms with E-state index in [9.17, 15) is 4.79 Å². The molecule has 1 saturated carbocycles. The lowest BCUT2D eigenvalue weighted by Gasteiger charge is -2.44. The summed E-state index contributed by atoms with van der Waals surface area (Å²) in [7, 11) is 0. The first-order valence-electron chi connectivity index (χ1n) is 7.12. The second-order valence-corrected chi connectivity index (χ2v) is 5.91. The van der Waals surface area contributed by atoms with Crippen molar-refractivity contribution in [2.75, 3.05) is 11.9 Å². The third-order valence-corrected chi connectivity index (χ3v) is 4.33. The molecule has 3 nitrogen and oxygen atoms in total. The first-order chi connectivity index (χ1) is 9.02. The SMILES string of the molecule is CCc1cccc(C)c1NC(=O)C1(CN)CC(C)C1. The Hall–Kier alpha value is -1.35. The van der Waals surface area contributed by atoms with Gasteiger partial charge in [0, 0.05) is 12.2 Å². The van der Waals surface area contributed by atoms with Gasteiger partial charge in [-0.2, -0.15) is 0 Å². The van der Waals surface area contributed by atoms with Crippen LogP contribution in [-0.4, -0.2) is 12.5 Å². The van der Waals surface area contributed by atoms with E-state index in [4.69, 9.17) is 5.73 Å². The number of nitrogens with two attached hydrogens (primary N) is 1. The van der Waals surface area contributed by atoms with Gasteiger partial charge in [0.15, 0.2) is 0 Å². The molecule has 19 heavy (non-hydrogen) atoms. The van der Waals surface area contributed by atoms with E-state index in [0.717, 1.165) is 30.5 Å². The topological polar surface area (TPSA) is 55.1 Å². The van der Waals surface area contributed by atoms with E-state index >= 15 is 0 Å². The van der Waals surface area contributed by atoms with Gasteiger partial charge >= 0.3 is 0 Å². The molecule has 1 aromatic carbocycles. The number of rotatable bonds is 4. The zero-order chi connectivity index (χ0) is 14.0. The average Bonchev–Trinajstić information content (AvgIpc) is 2.36. The molecule has 0 aromatic heterocycles. The van der Waals surface area contributed by atoms with Crippen LogP contribution in [0.15, 0.2) is 18.2 Å². The lowest BCUT2D eigenvalue weighted by Crippen LogP contribution is -2.51. The van der Waals surface area contributed by atoms with Gasteiger partial charge in [-0.15, -0.1) is 0 Å². The Bertz CT molecular complexity index is 476. The van der Waals surface area contributed by atoms with Crippen molar-refractivity contribution in [3.8, 4) is 0 Å². The predicted octanol–water partition coefficient (Wildman–Crippen LogP) is 2.87. The zero-order valence-electron chi connectivity index (χ0n) is 12.1. The van der Waals surface area contributed by atoms with Gasteiger partial charge in [0.25, 0.3) is 0 Å². The molecule has 1 aromatic rings. The quantitative estimate of drug-likeness (QED) is 0.874. The number of aryl methyl sites for hydroxylation is 2. The highest BCUT2D eigenvalue weighted by Crippen LogP contribution is 2.45. The standard InChI is InChI=1S/C16H24N2O/c1-4-13-7-5-6-12(3)14(13)18-15(19)16(10-17)8-11(2)9-16/h5-7,11H,4,8-10,17H2,1-3H3,(H,18,19). The highest BCUT2D eigenvalue weighted by molar-refractivity contribution is 5.97. The molecule has 1 fully saturated rings. The van der Waals surface area contributed by atoms with E-state index in [0.29, 0.717) is 12.5 Å². The second-order valence-electron chi connectivity index (χ2n) is 5.91. The summed E-state index contributed by atoms with van der Waals surface area (Å²) in [6.07, 6.45) is 2.73. The van der Waals surface area contributed by atoms with Crippen LogP contribution in [0.1, 0.15) is 37.8 Å². The molecule has 104 valence electrons. The molecule has 3 heteroatoms. The summed E-state index contributed by atoms with van der Waals surface area (Å²) in [4.78, 5) is 12.5. The molecule has 0 bridgehead atoms. The van der Waals surface area contributed by atoms with E-state index in [1.165, 1.54) is 5.56 Å². The number of carbonyl (C=O) groups excluding carboxylic acids is 1. The van der Waals surface area contributed by atoms with Gasteiger partial charge in [-0.25, -0.2) is 0 Å². The molecular formula is C16H24N2O. The Balaban J connectivity index is 2.20. The Kier molecular flexibility index (Phi) is 3.95. The maximum Gasteiger partial charge on any atom is 0.231 e. The molecule has 0 unspecified atom stereocenters. The molecule has 1 aliphatic carbocycles. The molecule has 2 rings (SSSR count). The van der Waals surface area contributed by atoms with Crippen molar-refractivity contribution in [3.05, 3.63) is 29.3 Å². The van der Waals surface area contributed by atoms with E-state index in [1.807, 2.05) is 19.1 Å². The summed E-state index contributed by atoms with van der Waals surface area (Å²) in [6.45, 7) is 6.75. The first kappa shape index (κ1) is 14.1. The molecule has 0 heterocycles. The van der Waals surface area contributed by atoms with Gasteiger partial charge in [0.1, 0.15) is 0 Å². The highest BCUT2D eigenvalue weighted by Gasteiger charge is 2.47. The average molecular weight is 260 g/mol. The van der Waals surface area contributed by atoms with E-state index in [-0.39, 0.29) is 11.3 Å². The second kappa shape index (κ2) is 5.33. The summed E-state index contributed by atoms with van der Waals surface area (Å²) in [6, 6.07) is 6.14.